The number of hydrogen-bond donors (Lipinski definition) is 1. The Hall–Kier alpha value is -2.70. The van der Waals surface area contributed by atoms with Gasteiger partial charge in [-0.05, 0) is 31.0 Å². The van der Waals surface area contributed by atoms with Crippen molar-refractivity contribution in [3.8, 4) is 5.82 Å². The zero-order valence-corrected chi connectivity index (χ0v) is 13.3. The van der Waals surface area contributed by atoms with Crippen LogP contribution in [0.25, 0.3) is 5.82 Å². The Bertz CT molecular complexity index is 758. The van der Waals surface area contributed by atoms with Crippen LogP contribution in [0.4, 0.5) is 0 Å². The van der Waals surface area contributed by atoms with Gasteiger partial charge < -0.3 is 10.2 Å². The van der Waals surface area contributed by atoms with Crippen LogP contribution in [-0.4, -0.2) is 50.1 Å². The van der Waals surface area contributed by atoms with E-state index in [-0.39, 0.29) is 30.4 Å². The molecule has 7 heteroatoms. The van der Waals surface area contributed by atoms with Crippen LogP contribution in [0.3, 0.4) is 0 Å². The van der Waals surface area contributed by atoms with Crippen LogP contribution < -0.4 is 5.32 Å². The second-order valence-corrected chi connectivity index (χ2v) is 6.29. The smallest absolute Gasteiger partial charge is 0.273 e. The Balaban J connectivity index is 1.62. The lowest BCUT2D eigenvalue weighted by atomic mass is 9.87. The fourth-order valence-electron chi connectivity index (χ4n) is 3.62. The molecule has 124 valence electrons. The highest BCUT2D eigenvalue weighted by atomic mass is 16.2. The molecule has 2 aliphatic rings. The summed E-state index contributed by atoms with van der Waals surface area (Å²) >= 11 is 0. The zero-order chi connectivity index (χ0) is 16.5. The van der Waals surface area contributed by atoms with Crippen molar-refractivity contribution >= 4 is 11.8 Å². The maximum Gasteiger partial charge on any atom is 0.273 e. The summed E-state index contributed by atoms with van der Waals surface area (Å²) in [6, 6.07) is 7.23. The highest BCUT2D eigenvalue weighted by Gasteiger charge is 2.39. The Morgan fingerprint density at radius 2 is 2.08 bits per heavy atom. The van der Waals surface area contributed by atoms with E-state index in [1.165, 1.54) is 0 Å². The van der Waals surface area contributed by atoms with Crippen LogP contribution in [-0.2, 0) is 4.79 Å². The van der Waals surface area contributed by atoms with Crippen LogP contribution in [0.2, 0.25) is 0 Å². The van der Waals surface area contributed by atoms with E-state index in [1.54, 1.807) is 46.2 Å². The molecule has 1 aliphatic heterocycles. The van der Waals surface area contributed by atoms with Crippen molar-refractivity contribution in [2.24, 2.45) is 0 Å². The van der Waals surface area contributed by atoms with Gasteiger partial charge in [0.1, 0.15) is 12.2 Å². The van der Waals surface area contributed by atoms with Gasteiger partial charge in [-0.2, -0.15) is 5.10 Å². The number of rotatable bonds is 2. The molecule has 3 heterocycles. The van der Waals surface area contributed by atoms with Crippen molar-refractivity contribution in [2.45, 2.75) is 37.8 Å². The van der Waals surface area contributed by atoms with Crippen molar-refractivity contribution < 1.29 is 9.59 Å². The molecule has 0 radical (unpaired) electrons. The standard InChI is InChI=1S/C17H19N5O2/c23-16-11-21(14-7-2-1-5-12(14)20-16)17(24)13-6-3-8-15(19-13)22-10-4-9-18-22/h3-4,6,8-10,12,14H,1-2,5,7,11H2,(H,20,23)/t12-,14-/m1/s1. The molecule has 0 bridgehead atoms. The largest absolute Gasteiger partial charge is 0.350 e. The summed E-state index contributed by atoms with van der Waals surface area (Å²) in [5, 5.41) is 7.16. The minimum Gasteiger partial charge on any atom is -0.350 e. The number of nitrogens with zero attached hydrogens (tertiary/aromatic N) is 4. The van der Waals surface area contributed by atoms with Crippen LogP contribution in [0.15, 0.2) is 36.7 Å². The lowest BCUT2D eigenvalue weighted by Crippen LogP contribution is -2.63. The molecular formula is C17H19N5O2. The SMILES string of the molecule is O=C1CN(C(=O)c2cccc(-n3cccn3)n2)[C@@H]2CCCC[C@H]2N1. The number of fused-ring (bicyclic) bond motifs is 1. The number of hydrogen-bond acceptors (Lipinski definition) is 4. The van der Waals surface area contributed by atoms with Gasteiger partial charge in [-0.25, -0.2) is 9.67 Å². The third-order valence-electron chi connectivity index (χ3n) is 4.74. The Labute approximate surface area is 139 Å². The van der Waals surface area contributed by atoms with Gasteiger partial charge in [-0.15, -0.1) is 0 Å². The molecule has 2 aromatic heterocycles. The molecule has 2 atom stereocenters. The summed E-state index contributed by atoms with van der Waals surface area (Å²) in [6.45, 7) is 0.105. The summed E-state index contributed by atoms with van der Waals surface area (Å²) in [7, 11) is 0. The molecule has 0 aromatic carbocycles. The molecule has 1 saturated heterocycles. The number of aromatic nitrogens is 3. The van der Waals surface area contributed by atoms with Gasteiger partial charge in [-0.3, -0.25) is 9.59 Å². The fourth-order valence-corrected chi connectivity index (χ4v) is 3.62. The Morgan fingerprint density at radius 1 is 1.21 bits per heavy atom. The summed E-state index contributed by atoms with van der Waals surface area (Å²) in [6.07, 6.45) is 7.48. The molecule has 2 amide bonds. The molecule has 1 aliphatic carbocycles. The first-order valence-electron chi connectivity index (χ1n) is 8.30. The minimum atomic E-state index is -0.184. The monoisotopic (exact) mass is 325 g/mol. The van der Waals surface area contributed by atoms with Gasteiger partial charge in [-0.1, -0.05) is 18.9 Å². The first-order chi connectivity index (χ1) is 11.7. The van der Waals surface area contributed by atoms with E-state index in [9.17, 15) is 9.59 Å². The molecule has 1 saturated carbocycles. The van der Waals surface area contributed by atoms with E-state index in [4.69, 9.17) is 0 Å². The normalized spacial score (nSPS) is 23.5. The van der Waals surface area contributed by atoms with Gasteiger partial charge >= 0.3 is 0 Å². The van der Waals surface area contributed by atoms with Crippen molar-refractivity contribution in [1.29, 1.82) is 0 Å². The average Bonchev–Trinajstić information content (AvgIpc) is 3.15. The molecule has 2 fully saturated rings. The topological polar surface area (TPSA) is 80.1 Å². The third kappa shape index (κ3) is 2.66. The van der Waals surface area contributed by atoms with E-state index in [2.05, 4.69) is 15.4 Å². The van der Waals surface area contributed by atoms with Gasteiger partial charge in [0, 0.05) is 18.4 Å². The summed E-state index contributed by atoms with van der Waals surface area (Å²) in [5.41, 5.74) is 0.349. The Morgan fingerprint density at radius 3 is 2.92 bits per heavy atom. The van der Waals surface area contributed by atoms with Crippen molar-refractivity contribution in [1.82, 2.24) is 25.0 Å². The quantitative estimate of drug-likeness (QED) is 0.898. The van der Waals surface area contributed by atoms with E-state index >= 15 is 0 Å². The van der Waals surface area contributed by atoms with Gasteiger partial charge in [0.2, 0.25) is 5.91 Å². The van der Waals surface area contributed by atoms with Crippen molar-refractivity contribution in [3.05, 3.63) is 42.4 Å². The predicted molar refractivity (Wildman–Crippen MR) is 86.6 cm³/mol. The molecular weight excluding hydrogens is 306 g/mol. The van der Waals surface area contributed by atoms with E-state index in [1.807, 2.05) is 0 Å². The van der Waals surface area contributed by atoms with Gasteiger partial charge in [0.05, 0.1) is 6.04 Å². The second kappa shape index (κ2) is 6.07. The first kappa shape index (κ1) is 14.9. The number of nitrogens with one attached hydrogen (secondary N) is 1. The van der Waals surface area contributed by atoms with Crippen LogP contribution in [0.1, 0.15) is 36.2 Å². The highest BCUT2D eigenvalue weighted by Crippen LogP contribution is 2.26. The molecule has 1 N–H and O–H groups in total. The first-order valence-corrected chi connectivity index (χ1v) is 8.30. The second-order valence-electron chi connectivity index (χ2n) is 6.29. The molecule has 0 spiro atoms. The highest BCUT2D eigenvalue weighted by molar-refractivity contribution is 5.96. The minimum absolute atomic E-state index is 0.0678. The third-order valence-corrected chi connectivity index (χ3v) is 4.74. The molecule has 0 unspecified atom stereocenters. The number of piperazine rings is 1. The zero-order valence-electron chi connectivity index (χ0n) is 13.3. The van der Waals surface area contributed by atoms with Crippen LogP contribution in [0, 0.1) is 0 Å². The lowest BCUT2D eigenvalue weighted by Gasteiger charge is -2.43. The number of carbonyl (C=O) groups is 2. The maximum absolute atomic E-state index is 13.0. The van der Waals surface area contributed by atoms with E-state index < -0.39 is 0 Å². The average molecular weight is 325 g/mol. The molecule has 2 aromatic rings. The molecule has 4 rings (SSSR count). The van der Waals surface area contributed by atoms with Crippen LogP contribution >= 0.6 is 0 Å². The number of amides is 2. The summed E-state index contributed by atoms with van der Waals surface area (Å²) < 4.78 is 1.61. The van der Waals surface area contributed by atoms with E-state index in [0.29, 0.717) is 11.5 Å². The summed E-state index contributed by atoms with van der Waals surface area (Å²) in [4.78, 5) is 31.1. The van der Waals surface area contributed by atoms with Crippen molar-refractivity contribution in [2.75, 3.05) is 6.54 Å². The summed E-state index contributed by atoms with van der Waals surface area (Å²) in [5.74, 6) is 0.318. The lowest BCUT2D eigenvalue weighted by molar-refractivity contribution is -0.127. The number of pyridine rings is 1. The van der Waals surface area contributed by atoms with Gasteiger partial charge in [0.15, 0.2) is 5.82 Å². The van der Waals surface area contributed by atoms with Crippen LogP contribution in [0.5, 0.6) is 0 Å². The van der Waals surface area contributed by atoms with E-state index in [0.717, 1.165) is 25.7 Å². The van der Waals surface area contributed by atoms with Crippen molar-refractivity contribution in [3.63, 3.8) is 0 Å². The maximum atomic E-state index is 13.0. The molecule has 24 heavy (non-hydrogen) atoms. The fraction of sp³-hybridized carbons (Fsp3) is 0.412. The number of carbonyl (C=O) groups excluding carboxylic acids is 2. The van der Waals surface area contributed by atoms with Gasteiger partial charge in [0.25, 0.3) is 5.91 Å². The Kier molecular flexibility index (Phi) is 3.76. The predicted octanol–water partition coefficient (Wildman–Crippen LogP) is 1.15. The molecule has 7 nitrogen and oxygen atoms in total.